The highest BCUT2D eigenvalue weighted by atomic mass is 35.5. The molecule has 2 atom stereocenters. The summed E-state index contributed by atoms with van der Waals surface area (Å²) in [5.74, 6) is 1.29. The Morgan fingerprint density at radius 3 is 2.94 bits per heavy atom. The highest BCUT2D eigenvalue weighted by molar-refractivity contribution is 6.31. The summed E-state index contributed by atoms with van der Waals surface area (Å²) in [6.45, 7) is 0. The molecule has 2 nitrogen and oxygen atoms in total. The molecule has 0 aliphatic heterocycles. The van der Waals surface area contributed by atoms with E-state index in [9.17, 15) is 0 Å². The summed E-state index contributed by atoms with van der Waals surface area (Å²) in [6, 6.07) is 5.80. The third-order valence-electron chi connectivity index (χ3n) is 4.28. The molecule has 0 unspecified atom stereocenters. The molecule has 0 radical (unpaired) electrons. The number of anilines is 1. The lowest BCUT2D eigenvalue weighted by atomic mass is 9.93. The number of nitrogen functional groups attached to an aromatic ring is 1. The fraction of sp³-hybridized carbons (Fsp3) is 0.357. The van der Waals surface area contributed by atoms with Crippen molar-refractivity contribution in [1.29, 1.82) is 0 Å². The second kappa shape index (κ2) is 3.14. The van der Waals surface area contributed by atoms with E-state index in [4.69, 9.17) is 22.3 Å². The lowest BCUT2D eigenvalue weighted by molar-refractivity contribution is 0.702. The first kappa shape index (κ1) is 9.72. The molecule has 0 spiro atoms. The molecule has 0 saturated heterocycles. The predicted octanol–water partition coefficient (Wildman–Crippen LogP) is 3.84. The van der Waals surface area contributed by atoms with E-state index >= 15 is 0 Å². The summed E-state index contributed by atoms with van der Waals surface area (Å²) in [5.41, 5.74) is 10.8. The molecule has 3 heteroatoms. The fourth-order valence-corrected chi connectivity index (χ4v) is 3.70. The van der Waals surface area contributed by atoms with Gasteiger partial charge in [0.1, 0.15) is 0 Å². The first-order valence-corrected chi connectivity index (χ1v) is 6.50. The van der Waals surface area contributed by atoms with Gasteiger partial charge in [-0.2, -0.15) is 0 Å². The van der Waals surface area contributed by atoms with Crippen LogP contribution in [0.5, 0.6) is 0 Å². The number of nitrogens with zero attached hydrogens (tertiary/aromatic N) is 1. The van der Waals surface area contributed by atoms with E-state index in [1.54, 1.807) is 0 Å². The van der Waals surface area contributed by atoms with Gasteiger partial charge in [-0.3, -0.25) is 4.98 Å². The Morgan fingerprint density at radius 2 is 2.06 bits per heavy atom. The van der Waals surface area contributed by atoms with Gasteiger partial charge in [0.25, 0.3) is 0 Å². The number of benzene rings is 1. The van der Waals surface area contributed by atoms with Crippen LogP contribution in [0.4, 0.5) is 5.69 Å². The van der Waals surface area contributed by atoms with Gasteiger partial charge in [0, 0.05) is 33.3 Å². The topological polar surface area (TPSA) is 38.9 Å². The Balaban J connectivity index is 2.10. The number of nitrogens with two attached hydrogens (primary N) is 1. The quantitative estimate of drug-likeness (QED) is 0.765. The standard InChI is InChI=1S/C14H13ClN2/c15-9-3-4-10-11(6-9)17-14-8-2-1-7(5-8)12(14)13(10)16/h3-4,6-8H,1-2,5H2,(H2,16,17)/t7-,8-/m0/s1. The van der Waals surface area contributed by atoms with E-state index in [0.717, 1.165) is 21.6 Å². The maximum absolute atomic E-state index is 6.32. The minimum Gasteiger partial charge on any atom is -0.398 e. The summed E-state index contributed by atoms with van der Waals surface area (Å²) < 4.78 is 0. The van der Waals surface area contributed by atoms with Crippen LogP contribution in [0.15, 0.2) is 18.2 Å². The van der Waals surface area contributed by atoms with Crippen LogP contribution >= 0.6 is 11.6 Å². The summed E-state index contributed by atoms with van der Waals surface area (Å²) in [7, 11) is 0. The van der Waals surface area contributed by atoms with Crippen molar-refractivity contribution in [2.24, 2.45) is 0 Å². The van der Waals surface area contributed by atoms with Crippen LogP contribution in [0.2, 0.25) is 5.02 Å². The van der Waals surface area contributed by atoms with Crippen molar-refractivity contribution < 1.29 is 0 Å². The molecule has 2 aliphatic rings. The smallest absolute Gasteiger partial charge is 0.0741 e. The van der Waals surface area contributed by atoms with Crippen molar-refractivity contribution in [3.05, 3.63) is 34.5 Å². The van der Waals surface area contributed by atoms with E-state index in [0.29, 0.717) is 11.8 Å². The van der Waals surface area contributed by atoms with Gasteiger partial charge in [0.2, 0.25) is 0 Å². The van der Waals surface area contributed by atoms with E-state index in [2.05, 4.69) is 0 Å². The van der Waals surface area contributed by atoms with E-state index < -0.39 is 0 Å². The van der Waals surface area contributed by atoms with Gasteiger partial charge in [0.15, 0.2) is 0 Å². The maximum atomic E-state index is 6.32. The van der Waals surface area contributed by atoms with Crippen molar-refractivity contribution in [3.63, 3.8) is 0 Å². The average molecular weight is 245 g/mol. The molecule has 1 saturated carbocycles. The van der Waals surface area contributed by atoms with Crippen LogP contribution in [0, 0.1) is 0 Å². The molecule has 1 fully saturated rings. The number of hydrogen-bond donors (Lipinski definition) is 1. The van der Waals surface area contributed by atoms with Gasteiger partial charge in [0.05, 0.1) is 5.52 Å². The molecule has 2 aliphatic carbocycles. The summed E-state index contributed by atoms with van der Waals surface area (Å²) in [4.78, 5) is 4.80. The predicted molar refractivity (Wildman–Crippen MR) is 70.5 cm³/mol. The molecule has 17 heavy (non-hydrogen) atoms. The Hall–Kier alpha value is -1.28. The van der Waals surface area contributed by atoms with Crippen molar-refractivity contribution in [2.75, 3.05) is 5.73 Å². The van der Waals surface area contributed by atoms with E-state index in [-0.39, 0.29) is 0 Å². The third kappa shape index (κ3) is 1.19. The minimum absolute atomic E-state index is 0.640. The number of pyridine rings is 1. The Morgan fingerprint density at radius 1 is 1.24 bits per heavy atom. The van der Waals surface area contributed by atoms with Gasteiger partial charge in [-0.15, -0.1) is 0 Å². The first-order valence-electron chi connectivity index (χ1n) is 6.12. The molecule has 2 bridgehead atoms. The zero-order valence-electron chi connectivity index (χ0n) is 9.41. The lowest BCUT2D eigenvalue weighted by Crippen LogP contribution is -2.06. The highest BCUT2D eigenvalue weighted by Gasteiger charge is 2.39. The average Bonchev–Trinajstić information content (AvgIpc) is 2.89. The number of rotatable bonds is 0. The third-order valence-corrected chi connectivity index (χ3v) is 4.52. The number of hydrogen-bond acceptors (Lipinski definition) is 2. The maximum Gasteiger partial charge on any atom is 0.0741 e. The van der Waals surface area contributed by atoms with Crippen molar-refractivity contribution in [2.45, 2.75) is 31.1 Å². The number of halogens is 1. The van der Waals surface area contributed by atoms with Crippen LogP contribution in [-0.4, -0.2) is 4.98 Å². The van der Waals surface area contributed by atoms with Crippen LogP contribution < -0.4 is 5.73 Å². The Kier molecular flexibility index (Phi) is 1.79. The van der Waals surface area contributed by atoms with E-state index in [1.807, 2.05) is 18.2 Å². The van der Waals surface area contributed by atoms with Gasteiger partial charge in [-0.25, -0.2) is 0 Å². The Labute approximate surface area is 105 Å². The molecule has 86 valence electrons. The Bertz CT molecular complexity index is 636. The largest absolute Gasteiger partial charge is 0.398 e. The molecule has 1 aromatic heterocycles. The van der Waals surface area contributed by atoms with Crippen LogP contribution in [0.3, 0.4) is 0 Å². The zero-order chi connectivity index (χ0) is 11.6. The monoisotopic (exact) mass is 244 g/mol. The fourth-order valence-electron chi connectivity index (χ4n) is 3.53. The SMILES string of the molecule is Nc1c2c(nc3cc(Cl)ccc13)[C@H]1CC[C@H]2C1. The summed E-state index contributed by atoms with van der Waals surface area (Å²) in [6.07, 6.45) is 3.80. The van der Waals surface area contributed by atoms with Crippen molar-refractivity contribution in [3.8, 4) is 0 Å². The van der Waals surface area contributed by atoms with Crippen LogP contribution in [0.1, 0.15) is 42.4 Å². The highest BCUT2D eigenvalue weighted by Crippen LogP contribution is 2.55. The minimum atomic E-state index is 0.640. The summed E-state index contributed by atoms with van der Waals surface area (Å²) in [5, 5.41) is 1.79. The zero-order valence-corrected chi connectivity index (χ0v) is 10.2. The van der Waals surface area contributed by atoms with Crippen LogP contribution in [0.25, 0.3) is 10.9 Å². The second-order valence-corrected chi connectivity index (χ2v) is 5.63. The van der Waals surface area contributed by atoms with Gasteiger partial charge < -0.3 is 5.73 Å². The molecular weight excluding hydrogens is 232 g/mol. The van der Waals surface area contributed by atoms with Gasteiger partial charge >= 0.3 is 0 Å². The number of fused-ring (bicyclic) bond motifs is 6. The van der Waals surface area contributed by atoms with Crippen molar-refractivity contribution in [1.82, 2.24) is 4.98 Å². The molecule has 0 amide bonds. The molecular formula is C14H13ClN2. The van der Waals surface area contributed by atoms with Gasteiger partial charge in [-0.1, -0.05) is 11.6 Å². The molecule has 1 heterocycles. The molecule has 2 N–H and O–H groups in total. The normalized spacial score (nSPS) is 25.5. The van der Waals surface area contributed by atoms with E-state index in [1.165, 1.54) is 30.5 Å². The van der Waals surface area contributed by atoms with Crippen molar-refractivity contribution >= 4 is 28.2 Å². The van der Waals surface area contributed by atoms with Crippen LogP contribution in [-0.2, 0) is 0 Å². The molecule has 1 aromatic carbocycles. The lowest BCUT2D eigenvalue weighted by Gasteiger charge is -2.18. The second-order valence-electron chi connectivity index (χ2n) is 5.19. The summed E-state index contributed by atoms with van der Waals surface area (Å²) >= 11 is 6.02. The molecule has 2 aromatic rings. The number of aromatic nitrogens is 1. The van der Waals surface area contributed by atoms with Gasteiger partial charge in [-0.05, 0) is 43.4 Å². The molecule has 4 rings (SSSR count). The first-order chi connectivity index (χ1) is 8.24.